The molecule has 1 aromatic carbocycles. The Morgan fingerprint density at radius 1 is 1.20 bits per heavy atom. The highest BCUT2D eigenvalue weighted by Gasteiger charge is 2.19. The molecule has 3 rings (SSSR count). The van der Waals surface area contributed by atoms with Gasteiger partial charge in [-0.25, -0.2) is 0 Å². The number of hydrogen-bond donors (Lipinski definition) is 4. The summed E-state index contributed by atoms with van der Waals surface area (Å²) in [6.45, 7) is 1.85. The van der Waals surface area contributed by atoms with Crippen molar-refractivity contribution < 1.29 is 4.79 Å². The number of carbonyl (C=O) groups excluding carboxylic acids is 1. The fourth-order valence-corrected chi connectivity index (χ4v) is 2.19. The van der Waals surface area contributed by atoms with Gasteiger partial charge in [0.1, 0.15) is 0 Å². The van der Waals surface area contributed by atoms with Crippen LogP contribution in [0.5, 0.6) is 0 Å². The summed E-state index contributed by atoms with van der Waals surface area (Å²) in [7, 11) is 0. The second-order valence-corrected chi connectivity index (χ2v) is 5.03. The summed E-state index contributed by atoms with van der Waals surface area (Å²) >= 11 is 0. The summed E-state index contributed by atoms with van der Waals surface area (Å²) < 4.78 is 0. The first-order valence-corrected chi connectivity index (χ1v) is 6.59. The topological polar surface area (TPSA) is 89.8 Å². The molecule has 1 aliphatic heterocycles. The molecule has 0 atom stereocenters. The summed E-state index contributed by atoms with van der Waals surface area (Å²) in [6.07, 6.45) is 0.555. The van der Waals surface area contributed by atoms with E-state index in [1.54, 1.807) is 0 Å². The highest BCUT2D eigenvalue weighted by molar-refractivity contribution is 5.91. The largest absolute Gasteiger partial charge is 0.326 e. The van der Waals surface area contributed by atoms with Gasteiger partial charge in [-0.05, 0) is 36.7 Å². The average Bonchev–Trinajstić information content (AvgIpc) is 2.82. The van der Waals surface area contributed by atoms with Crippen LogP contribution in [-0.2, 0) is 4.79 Å². The number of rotatable bonds is 4. The van der Waals surface area contributed by atoms with Crippen LogP contribution in [0.25, 0.3) is 11.3 Å². The monoisotopic (exact) mass is 272 g/mol. The molecule has 20 heavy (non-hydrogen) atoms. The molecule has 104 valence electrons. The zero-order valence-electron chi connectivity index (χ0n) is 10.9. The SMILES string of the molecule is O=C(CC1CNC1)Nc1ccc(-c2cc(=O)[nH][nH]2)cc1. The molecule has 0 unspecified atom stereocenters. The van der Waals surface area contributed by atoms with Crippen molar-refractivity contribution in [3.05, 3.63) is 40.7 Å². The third-order valence-corrected chi connectivity index (χ3v) is 3.42. The fourth-order valence-electron chi connectivity index (χ4n) is 2.19. The molecule has 0 saturated carbocycles. The van der Waals surface area contributed by atoms with Gasteiger partial charge in [0.15, 0.2) is 0 Å². The number of amides is 1. The predicted octanol–water partition coefficient (Wildman–Crippen LogP) is 0.918. The van der Waals surface area contributed by atoms with E-state index in [2.05, 4.69) is 20.8 Å². The Balaban J connectivity index is 1.63. The van der Waals surface area contributed by atoms with Gasteiger partial charge in [0.25, 0.3) is 5.56 Å². The molecule has 0 radical (unpaired) electrons. The van der Waals surface area contributed by atoms with Crippen molar-refractivity contribution in [3.8, 4) is 11.3 Å². The molecule has 4 N–H and O–H groups in total. The average molecular weight is 272 g/mol. The molecule has 0 spiro atoms. The van der Waals surface area contributed by atoms with Crippen molar-refractivity contribution in [2.24, 2.45) is 5.92 Å². The number of anilines is 1. The van der Waals surface area contributed by atoms with Crippen molar-refractivity contribution in [2.45, 2.75) is 6.42 Å². The van der Waals surface area contributed by atoms with Crippen LogP contribution in [0, 0.1) is 5.92 Å². The number of carbonyl (C=O) groups is 1. The normalized spacial score (nSPS) is 14.8. The summed E-state index contributed by atoms with van der Waals surface area (Å²) in [5.41, 5.74) is 2.23. The van der Waals surface area contributed by atoms with Gasteiger partial charge in [-0.2, -0.15) is 0 Å². The molecule has 1 saturated heterocycles. The highest BCUT2D eigenvalue weighted by atomic mass is 16.1. The number of aromatic nitrogens is 2. The first kappa shape index (κ1) is 12.7. The fraction of sp³-hybridized carbons (Fsp3) is 0.286. The van der Waals surface area contributed by atoms with Crippen molar-refractivity contribution in [2.75, 3.05) is 18.4 Å². The lowest BCUT2D eigenvalue weighted by atomic mass is 9.99. The Labute approximate surface area is 115 Å². The van der Waals surface area contributed by atoms with Gasteiger partial charge in [-0.1, -0.05) is 12.1 Å². The van der Waals surface area contributed by atoms with Crippen LogP contribution in [0.2, 0.25) is 0 Å². The van der Waals surface area contributed by atoms with E-state index in [1.165, 1.54) is 6.07 Å². The first-order valence-electron chi connectivity index (χ1n) is 6.59. The minimum absolute atomic E-state index is 0.0410. The molecule has 1 fully saturated rings. The van der Waals surface area contributed by atoms with Gasteiger partial charge in [-0.3, -0.25) is 19.8 Å². The van der Waals surface area contributed by atoms with Crippen LogP contribution in [0.1, 0.15) is 6.42 Å². The molecule has 1 aromatic heterocycles. The van der Waals surface area contributed by atoms with E-state index in [1.807, 2.05) is 24.3 Å². The van der Waals surface area contributed by atoms with Crippen LogP contribution in [0.4, 0.5) is 5.69 Å². The lowest BCUT2D eigenvalue weighted by Gasteiger charge is -2.26. The number of hydrogen-bond acceptors (Lipinski definition) is 3. The van der Waals surface area contributed by atoms with E-state index in [0.717, 1.165) is 30.0 Å². The predicted molar refractivity (Wildman–Crippen MR) is 76.5 cm³/mol. The summed E-state index contributed by atoms with van der Waals surface area (Å²) in [5.74, 6) is 0.499. The van der Waals surface area contributed by atoms with Gasteiger partial charge >= 0.3 is 0 Å². The maximum atomic E-state index is 11.8. The highest BCUT2D eigenvalue weighted by Crippen LogP contribution is 2.18. The standard InChI is InChI=1S/C14H16N4O2/c19-13(5-9-7-15-8-9)16-11-3-1-10(2-4-11)12-6-14(20)18-17-12/h1-4,6,9,15H,5,7-8H2,(H,16,19)(H2,17,18,20). The maximum Gasteiger partial charge on any atom is 0.264 e. The molecule has 2 heterocycles. The zero-order valence-corrected chi connectivity index (χ0v) is 10.9. The van der Waals surface area contributed by atoms with Gasteiger partial charge in [0, 0.05) is 18.2 Å². The van der Waals surface area contributed by atoms with Crippen LogP contribution in [0.3, 0.4) is 0 Å². The van der Waals surface area contributed by atoms with E-state index < -0.39 is 0 Å². The minimum atomic E-state index is -0.161. The van der Waals surface area contributed by atoms with Crippen molar-refractivity contribution in [1.82, 2.24) is 15.5 Å². The minimum Gasteiger partial charge on any atom is -0.326 e. The van der Waals surface area contributed by atoms with Gasteiger partial charge in [0.05, 0.1) is 5.69 Å². The van der Waals surface area contributed by atoms with Gasteiger partial charge in [0.2, 0.25) is 5.91 Å². The molecular formula is C14H16N4O2. The summed E-state index contributed by atoms with van der Waals surface area (Å²) in [6, 6.07) is 8.88. The van der Waals surface area contributed by atoms with E-state index in [0.29, 0.717) is 12.3 Å². The van der Waals surface area contributed by atoms with Gasteiger partial charge in [-0.15, -0.1) is 0 Å². The molecule has 1 amide bonds. The summed E-state index contributed by atoms with van der Waals surface area (Å²) in [4.78, 5) is 22.8. The lowest BCUT2D eigenvalue weighted by molar-refractivity contribution is -0.117. The van der Waals surface area contributed by atoms with E-state index >= 15 is 0 Å². The Morgan fingerprint density at radius 3 is 2.50 bits per heavy atom. The van der Waals surface area contributed by atoms with E-state index in [-0.39, 0.29) is 11.5 Å². The number of benzene rings is 1. The third-order valence-electron chi connectivity index (χ3n) is 3.42. The lowest BCUT2D eigenvalue weighted by Crippen LogP contribution is -2.43. The van der Waals surface area contributed by atoms with Crippen LogP contribution >= 0.6 is 0 Å². The molecule has 0 aliphatic carbocycles. The first-order chi connectivity index (χ1) is 9.70. The third kappa shape index (κ3) is 2.80. The smallest absolute Gasteiger partial charge is 0.264 e. The Bertz CT molecular complexity index is 652. The Hall–Kier alpha value is -2.34. The maximum absolute atomic E-state index is 11.8. The molecule has 6 heteroatoms. The molecular weight excluding hydrogens is 256 g/mol. The zero-order chi connectivity index (χ0) is 13.9. The van der Waals surface area contributed by atoms with Crippen LogP contribution in [-0.4, -0.2) is 29.2 Å². The number of aromatic amines is 2. The molecule has 6 nitrogen and oxygen atoms in total. The second-order valence-electron chi connectivity index (χ2n) is 5.03. The van der Waals surface area contributed by atoms with Crippen molar-refractivity contribution >= 4 is 11.6 Å². The van der Waals surface area contributed by atoms with E-state index in [9.17, 15) is 9.59 Å². The Morgan fingerprint density at radius 2 is 1.95 bits per heavy atom. The van der Waals surface area contributed by atoms with Gasteiger partial charge < -0.3 is 10.6 Å². The molecule has 2 aromatic rings. The van der Waals surface area contributed by atoms with Crippen LogP contribution in [0.15, 0.2) is 35.1 Å². The molecule has 0 bridgehead atoms. The Kier molecular flexibility index (Phi) is 3.39. The van der Waals surface area contributed by atoms with Crippen molar-refractivity contribution in [1.29, 1.82) is 0 Å². The van der Waals surface area contributed by atoms with Crippen LogP contribution < -0.4 is 16.2 Å². The number of nitrogens with one attached hydrogen (secondary N) is 4. The van der Waals surface area contributed by atoms with Crippen molar-refractivity contribution in [3.63, 3.8) is 0 Å². The quantitative estimate of drug-likeness (QED) is 0.667. The summed E-state index contributed by atoms with van der Waals surface area (Å²) in [5, 5.41) is 11.3. The van der Waals surface area contributed by atoms with E-state index in [4.69, 9.17) is 0 Å². The molecule has 1 aliphatic rings. The second kappa shape index (κ2) is 5.34. The number of H-pyrrole nitrogens is 2.